The van der Waals surface area contributed by atoms with Crippen LogP contribution in [0.1, 0.15) is 24.2 Å². The summed E-state index contributed by atoms with van der Waals surface area (Å²) in [7, 11) is 0. The molecule has 3 rings (SSSR count). The predicted molar refractivity (Wildman–Crippen MR) is 71.9 cm³/mol. The average Bonchev–Trinajstić information content (AvgIpc) is 2.98. The summed E-state index contributed by atoms with van der Waals surface area (Å²) in [5, 5.41) is 6.37. The van der Waals surface area contributed by atoms with Crippen molar-refractivity contribution in [2.24, 2.45) is 0 Å². The number of aromatic nitrogens is 2. The Morgan fingerprint density at radius 1 is 1.29 bits per heavy atom. The second-order valence-electron chi connectivity index (χ2n) is 5.05. The van der Waals surface area contributed by atoms with E-state index in [1.807, 2.05) is 18.2 Å². The largest absolute Gasteiger partial charge is 0.337 e. The maximum atomic E-state index is 12.6. The van der Waals surface area contributed by atoms with Crippen molar-refractivity contribution in [2.45, 2.75) is 25.9 Å². The minimum Gasteiger partial charge on any atom is -0.337 e. The zero-order valence-electron chi connectivity index (χ0n) is 11.7. The third-order valence-corrected chi connectivity index (χ3v) is 3.49. The fourth-order valence-electron chi connectivity index (χ4n) is 2.35. The van der Waals surface area contributed by atoms with Crippen molar-refractivity contribution in [3.63, 3.8) is 0 Å². The molecule has 108 valence electrons. The van der Waals surface area contributed by atoms with Crippen molar-refractivity contribution in [3.05, 3.63) is 47.6 Å². The van der Waals surface area contributed by atoms with Gasteiger partial charge in [-0.2, -0.15) is 4.98 Å². The number of aryl methyl sites for hydroxylation is 1. The van der Waals surface area contributed by atoms with Gasteiger partial charge in [0.2, 0.25) is 5.89 Å². The van der Waals surface area contributed by atoms with Crippen LogP contribution in [0.4, 0.5) is 4.79 Å². The lowest BCUT2D eigenvalue weighted by Gasteiger charge is -2.21. The molecule has 7 nitrogen and oxygen atoms in total. The molecule has 0 spiro atoms. The van der Waals surface area contributed by atoms with Gasteiger partial charge in [0.05, 0.1) is 0 Å². The molecule has 7 heteroatoms. The summed E-state index contributed by atoms with van der Waals surface area (Å²) in [6.45, 7) is 3.32. The zero-order valence-corrected chi connectivity index (χ0v) is 11.7. The Balaban J connectivity index is 1.88. The Hall–Kier alpha value is -2.70. The van der Waals surface area contributed by atoms with Gasteiger partial charge in [-0.15, -0.1) is 0 Å². The molecular formula is C14H14N4O3. The summed E-state index contributed by atoms with van der Waals surface area (Å²) >= 11 is 0. The molecule has 1 atom stereocenters. The molecule has 2 aromatic rings. The van der Waals surface area contributed by atoms with Crippen molar-refractivity contribution in [3.8, 4) is 0 Å². The molecular weight excluding hydrogens is 272 g/mol. The van der Waals surface area contributed by atoms with Gasteiger partial charge in [0.1, 0.15) is 12.1 Å². The minimum absolute atomic E-state index is 0.0338. The predicted octanol–water partition coefficient (Wildman–Crippen LogP) is 1.35. The number of imide groups is 1. The van der Waals surface area contributed by atoms with Crippen molar-refractivity contribution in [1.82, 2.24) is 20.4 Å². The van der Waals surface area contributed by atoms with E-state index in [1.54, 1.807) is 26.0 Å². The van der Waals surface area contributed by atoms with Gasteiger partial charge < -0.3 is 9.84 Å². The Morgan fingerprint density at radius 3 is 2.62 bits per heavy atom. The van der Waals surface area contributed by atoms with Gasteiger partial charge in [0, 0.05) is 0 Å². The number of urea groups is 1. The van der Waals surface area contributed by atoms with E-state index in [4.69, 9.17) is 4.52 Å². The Labute approximate surface area is 120 Å². The number of carbonyl (C=O) groups is 2. The van der Waals surface area contributed by atoms with E-state index in [0.717, 1.165) is 10.5 Å². The third kappa shape index (κ3) is 2.16. The first kappa shape index (κ1) is 13.3. The van der Waals surface area contributed by atoms with Gasteiger partial charge in [0.15, 0.2) is 5.82 Å². The van der Waals surface area contributed by atoms with Gasteiger partial charge in [-0.25, -0.2) is 4.79 Å². The molecule has 0 radical (unpaired) electrons. The molecule has 1 aromatic carbocycles. The molecule has 0 aliphatic carbocycles. The number of rotatable bonds is 3. The first-order valence-electron chi connectivity index (χ1n) is 6.49. The van der Waals surface area contributed by atoms with Gasteiger partial charge in [-0.1, -0.05) is 35.5 Å². The Kier molecular flexibility index (Phi) is 2.97. The first-order valence-corrected chi connectivity index (χ1v) is 6.49. The number of nitrogens with one attached hydrogen (secondary N) is 1. The van der Waals surface area contributed by atoms with Gasteiger partial charge >= 0.3 is 6.03 Å². The monoisotopic (exact) mass is 286 g/mol. The minimum atomic E-state index is -1.08. The zero-order chi connectivity index (χ0) is 15.0. The van der Waals surface area contributed by atoms with Crippen LogP contribution in [0.2, 0.25) is 0 Å². The van der Waals surface area contributed by atoms with E-state index in [1.165, 1.54) is 0 Å². The number of benzene rings is 1. The van der Waals surface area contributed by atoms with Crippen LogP contribution in [0, 0.1) is 6.92 Å². The quantitative estimate of drug-likeness (QED) is 0.860. The molecule has 1 aliphatic rings. The van der Waals surface area contributed by atoms with E-state index in [9.17, 15) is 9.59 Å². The summed E-state index contributed by atoms with van der Waals surface area (Å²) in [6, 6.07) is 8.64. The van der Waals surface area contributed by atoms with Crippen LogP contribution < -0.4 is 5.32 Å². The average molecular weight is 286 g/mol. The fourth-order valence-corrected chi connectivity index (χ4v) is 2.35. The third-order valence-electron chi connectivity index (χ3n) is 3.49. The first-order chi connectivity index (χ1) is 10.0. The van der Waals surface area contributed by atoms with Crippen LogP contribution in [-0.4, -0.2) is 27.0 Å². The van der Waals surface area contributed by atoms with E-state index in [2.05, 4.69) is 15.5 Å². The molecule has 21 heavy (non-hydrogen) atoms. The molecule has 1 fully saturated rings. The van der Waals surface area contributed by atoms with Crippen LogP contribution in [0.25, 0.3) is 0 Å². The highest BCUT2D eigenvalue weighted by Gasteiger charge is 2.49. The smallest absolute Gasteiger partial charge is 0.325 e. The maximum Gasteiger partial charge on any atom is 0.325 e. The number of nitrogens with zero attached hydrogens (tertiary/aromatic N) is 3. The molecule has 0 saturated carbocycles. The SMILES string of the molecule is Cc1noc(CN2C(=O)N[C@@](C)(c3ccccc3)C2=O)n1. The van der Waals surface area contributed by atoms with E-state index in [-0.39, 0.29) is 18.3 Å². The highest BCUT2D eigenvalue weighted by Crippen LogP contribution is 2.29. The van der Waals surface area contributed by atoms with E-state index < -0.39 is 11.6 Å². The van der Waals surface area contributed by atoms with Gasteiger partial charge in [-0.05, 0) is 19.4 Å². The van der Waals surface area contributed by atoms with Gasteiger partial charge in [-0.3, -0.25) is 9.69 Å². The Bertz CT molecular complexity index is 697. The molecule has 1 N–H and O–H groups in total. The molecule has 1 aromatic heterocycles. The second-order valence-corrected chi connectivity index (χ2v) is 5.05. The lowest BCUT2D eigenvalue weighted by atomic mass is 9.92. The van der Waals surface area contributed by atoms with E-state index >= 15 is 0 Å². The molecule has 1 saturated heterocycles. The summed E-state index contributed by atoms with van der Waals surface area (Å²) in [4.78, 5) is 29.8. The number of carbonyl (C=O) groups excluding carboxylic acids is 2. The fraction of sp³-hybridized carbons (Fsp3) is 0.286. The van der Waals surface area contributed by atoms with Crippen molar-refractivity contribution in [2.75, 3.05) is 0 Å². The van der Waals surface area contributed by atoms with Crippen LogP contribution in [0.15, 0.2) is 34.9 Å². The van der Waals surface area contributed by atoms with Crippen LogP contribution in [0.3, 0.4) is 0 Å². The standard InChI is InChI=1S/C14H14N4O3/c1-9-15-11(21-17-9)8-18-12(19)14(2,16-13(18)20)10-6-4-3-5-7-10/h3-7H,8H2,1-2H3,(H,16,20)/t14-/m0/s1. The van der Waals surface area contributed by atoms with Gasteiger partial charge in [0.25, 0.3) is 5.91 Å². The second kappa shape index (κ2) is 4.69. The topological polar surface area (TPSA) is 88.3 Å². The van der Waals surface area contributed by atoms with Crippen molar-refractivity contribution in [1.29, 1.82) is 0 Å². The number of amides is 3. The maximum absolute atomic E-state index is 12.6. The van der Waals surface area contributed by atoms with Crippen molar-refractivity contribution >= 4 is 11.9 Å². The summed E-state index contributed by atoms with van der Waals surface area (Å²) in [5.41, 5.74) is -0.347. The molecule has 0 bridgehead atoms. The summed E-state index contributed by atoms with van der Waals surface area (Å²) in [5.74, 6) is 0.353. The summed E-state index contributed by atoms with van der Waals surface area (Å²) < 4.78 is 4.96. The van der Waals surface area contributed by atoms with E-state index in [0.29, 0.717) is 5.82 Å². The molecule has 1 aliphatic heterocycles. The normalized spacial score (nSPS) is 21.7. The highest BCUT2D eigenvalue weighted by molar-refractivity contribution is 6.07. The molecule has 0 unspecified atom stereocenters. The van der Waals surface area contributed by atoms with Crippen molar-refractivity contribution < 1.29 is 14.1 Å². The highest BCUT2D eigenvalue weighted by atomic mass is 16.5. The lowest BCUT2D eigenvalue weighted by Crippen LogP contribution is -2.40. The summed E-state index contributed by atoms with van der Waals surface area (Å²) in [6.07, 6.45) is 0. The lowest BCUT2D eigenvalue weighted by molar-refractivity contribution is -0.131. The molecule has 3 amide bonds. The Morgan fingerprint density at radius 2 is 2.00 bits per heavy atom. The van der Waals surface area contributed by atoms with Crippen LogP contribution >= 0.6 is 0 Å². The molecule has 2 heterocycles. The number of hydrogen-bond donors (Lipinski definition) is 1. The van der Waals surface area contributed by atoms with Crippen LogP contribution in [-0.2, 0) is 16.9 Å². The number of hydrogen-bond acceptors (Lipinski definition) is 5. The van der Waals surface area contributed by atoms with Crippen LogP contribution in [0.5, 0.6) is 0 Å².